The van der Waals surface area contributed by atoms with Crippen LogP contribution in [0.3, 0.4) is 0 Å². The number of halogens is 1. The molecule has 0 aliphatic rings. The average molecular weight is 396 g/mol. The summed E-state index contributed by atoms with van der Waals surface area (Å²) in [6, 6.07) is 8.80. The summed E-state index contributed by atoms with van der Waals surface area (Å²) in [5.74, 6) is -0.266. The highest BCUT2D eigenvalue weighted by molar-refractivity contribution is 6.20. The molecule has 0 bridgehead atoms. The molecule has 1 aromatic carbocycles. The van der Waals surface area contributed by atoms with E-state index >= 15 is 0 Å². The first-order valence-corrected chi connectivity index (χ1v) is 10.6. The first-order chi connectivity index (χ1) is 13.0. The second kappa shape index (κ2) is 13.7. The molecule has 0 saturated heterocycles. The molecule has 1 aromatic rings. The number of esters is 1. The van der Waals surface area contributed by atoms with Crippen LogP contribution in [0.1, 0.15) is 76.1 Å². The molecule has 2 unspecified atom stereocenters. The van der Waals surface area contributed by atoms with Crippen LogP contribution in [0, 0.1) is 0 Å². The number of carbonyl (C=O) groups is 2. The maximum absolute atomic E-state index is 13.0. The monoisotopic (exact) mass is 395 g/mol. The zero-order valence-corrected chi connectivity index (χ0v) is 17.7. The maximum atomic E-state index is 13.0. The van der Waals surface area contributed by atoms with Gasteiger partial charge in [-0.15, -0.1) is 0 Å². The van der Waals surface area contributed by atoms with E-state index in [1.54, 1.807) is 0 Å². The molecule has 0 aliphatic heterocycles. The minimum Gasteiger partial charge on any atom is -0.446 e. The number of hydrogen-bond donors (Lipinski definition) is 0. The van der Waals surface area contributed by atoms with Crippen molar-refractivity contribution in [2.75, 3.05) is 13.1 Å². The molecule has 2 atom stereocenters. The third kappa shape index (κ3) is 8.89. The van der Waals surface area contributed by atoms with Crippen LogP contribution in [0.5, 0.6) is 0 Å². The Labute approximate surface area is 169 Å². The van der Waals surface area contributed by atoms with E-state index in [0.29, 0.717) is 18.4 Å². The van der Waals surface area contributed by atoms with Gasteiger partial charge in [-0.25, -0.2) is 0 Å². The Morgan fingerprint density at radius 3 is 2.22 bits per heavy atom. The Bertz CT molecular complexity index is 546. The van der Waals surface area contributed by atoms with Gasteiger partial charge >= 0.3 is 5.97 Å². The van der Waals surface area contributed by atoms with Crippen LogP contribution in [0.4, 0.5) is 0 Å². The van der Waals surface area contributed by atoms with Crippen molar-refractivity contribution in [2.45, 2.75) is 77.3 Å². The number of carbonyl (C=O) groups excluding carboxylic acids is 2. The van der Waals surface area contributed by atoms with Gasteiger partial charge in [0.15, 0.2) is 11.3 Å². The fourth-order valence-corrected chi connectivity index (χ4v) is 3.45. The van der Waals surface area contributed by atoms with E-state index in [9.17, 15) is 9.59 Å². The van der Waals surface area contributed by atoms with E-state index in [-0.39, 0.29) is 11.8 Å². The number of hydrogen-bond acceptors (Lipinski definition) is 4. The second-order valence-corrected chi connectivity index (χ2v) is 7.25. The van der Waals surface area contributed by atoms with Crippen molar-refractivity contribution < 1.29 is 14.3 Å². The SMILES string of the molecule is CCCCCCCC(=O)OC(Cl)CC(C(=O)c1ccccc1)N(CC)CC. The predicted octanol–water partition coefficient (Wildman–Crippen LogP) is 5.44. The number of likely N-dealkylation sites (N-methyl/N-ethyl adjacent to an activating group) is 1. The van der Waals surface area contributed by atoms with Crippen molar-refractivity contribution in [2.24, 2.45) is 0 Å². The number of Topliss-reactive ketones (excluding diaryl/α,β-unsaturated/α-hetero) is 1. The minimum atomic E-state index is -0.800. The van der Waals surface area contributed by atoms with Gasteiger partial charge in [-0.2, -0.15) is 0 Å². The summed E-state index contributed by atoms with van der Waals surface area (Å²) < 4.78 is 5.36. The van der Waals surface area contributed by atoms with Crippen LogP contribution in [0.25, 0.3) is 0 Å². The number of ketones is 1. The van der Waals surface area contributed by atoms with Gasteiger partial charge in [0.05, 0.1) is 6.04 Å². The summed E-state index contributed by atoms with van der Waals surface area (Å²) >= 11 is 6.30. The number of ether oxygens (including phenoxy) is 1. The van der Waals surface area contributed by atoms with E-state index in [2.05, 4.69) is 11.8 Å². The first-order valence-electron chi connectivity index (χ1n) is 10.2. The molecule has 0 aromatic heterocycles. The van der Waals surface area contributed by atoms with Crippen LogP contribution in [0.2, 0.25) is 0 Å². The lowest BCUT2D eigenvalue weighted by Crippen LogP contribution is -2.43. The Balaban J connectivity index is 2.61. The van der Waals surface area contributed by atoms with E-state index in [1.807, 2.05) is 44.2 Å². The smallest absolute Gasteiger partial charge is 0.307 e. The number of alkyl halides is 1. The summed E-state index contributed by atoms with van der Waals surface area (Å²) in [5.41, 5.74) is -0.146. The Kier molecular flexibility index (Phi) is 12.0. The van der Waals surface area contributed by atoms with E-state index in [1.165, 1.54) is 12.8 Å². The van der Waals surface area contributed by atoms with Crippen LogP contribution in [-0.4, -0.2) is 41.3 Å². The number of rotatable bonds is 14. The molecule has 27 heavy (non-hydrogen) atoms. The number of unbranched alkanes of at least 4 members (excludes halogenated alkanes) is 4. The lowest BCUT2D eigenvalue weighted by molar-refractivity contribution is -0.146. The molecule has 152 valence electrons. The second-order valence-electron chi connectivity index (χ2n) is 6.77. The van der Waals surface area contributed by atoms with Gasteiger partial charge in [-0.3, -0.25) is 14.5 Å². The van der Waals surface area contributed by atoms with Crippen molar-refractivity contribution in [1.29, 1.82) is 0 Å². The summed E-state index contributed by atoms with van der Waals surface area (Å²) in [6.07, 6.45) is 6.05. The molecule has 0 heterocycles. The quantitative estimate of drug-likeness (QED) is 0.182. The molecule has 4 nitrogen and oxygen atoms in total. The molecule has 0 radical (unpaired) electrons. The zero-order chi connectivity index (χ0) is 20.1. The molecule has 0 N–H and O–H groups in total. The van der Waals surface area contributed by atoms with Gasteiger partial charge in [0, 0.05) is 18.4 Å². The molecular weight excluding hydrogens is 362 g/mol. The highest BCUT2D eigenvalue weighted by atomic mass is 35.5. The van der Waals surface area contributed by atoms with Crippen LogP contribution < -0.4 is 0 Å². The lowest BCUT2D eigenvalue weighted by atomic mass is 10.00. The maximum Gasteiger partial charge on any atom is 0.307 e. The predicted molar refractivity (Wildman–Crippen MR) is 111 cm³/mol. The molecular formula is C22H34ClNO3. The van der Waals surface area contributed by atoms with Crippen molar-refractivity contribution in [3.05, 3.63) is 35.9 Å². The average Bonchev–Trinajstić information content (AvgIpc) is 2.68. The zero-order valence-electron chi connectivity index (χ0n) is 17.0. The normalized spacial score (nSPS) is 13.4. The highest BCUT2D eigenvalue weighted by Gasteiger charge is 2.29. The van der Waals surface area contributed by atoms with Gasteiger partial charge in [-0.1, -0.05) is 88.4 Å². The minimum absolute atomic E-state index is 0.0144. The van der Waals surface area contributed by atoms with Crippen molar-refractivity contribution >= 4 is 23.4 Å². The molecule has 5 heteroatoms. The third-order valence-corrected chi connectivity index (χ3v) is 5.03. The molecule has 0 aliphatic carbocycles. The van der Waals surface area contributed by atoms with E-state index in [0.717, 1.165) is 32.4 Å². The number of benzene rings is 1. The molecule has 0 fully saturated rings. The topological polar surface area (TPSA) is 46.6 Å². The Hall–Kier alpha value is -1.39. The summed E-state index contributed by atoms with van der Waals surface area (Å²) in [4.78, 5) is 27.0. The third-order valence-electron chi connectivity index (χ3n) is 4.77. The molecule has 0 amide bonds. The van der Waals surface area contributed by atoms with E-state index < -0.39 is 11.6 Å². The standard InChI is InChI=1S/C22H34ClNO3/c1-4-7-8-9-13-16-21(25)27-20(23)17-19(24(5-2)6-3)22(26)18-14-11-10-12-15-18/h10-12,14-15,19-20H,4-9,13,16-17H2,1-3H3. The van der Waals surface area contributed by atoms with Gasteiger partial charge in [0.25, 0.3) is 0 Å². The van der Waals surface area contributed by atoms with Crippen molar-refractivity contribution in [3.8, 4) is 0 Å². The number of nitrogens with zero attached hydrogens (tertiary/aromatic N) is 1. The lowest BCUT2D eigenvalue weighted by Gasteiger charge is -2.29. The van der Waals surface area contributed by atoms with Gasteiger partial charge < -0.3 is 4.74 Å². The van der Waals surface area contributed by atoms with Crippen molar-refractivity contribution in [1.82, 2.24) is 4.90 Å². The Morgan fingerprint density at radius 1 is 1.00 bits per heavy atom. The fraction of sp³-hybridized carbons (Fsp3) is 0.636. The highest BCUT2D eigenvalue weighted by Crippen LogP contribution is 2.19. The van der Waals surface area contributed by atoms with Crippen LogP contribution in [-0.2, 0) is 9.53 Å². The van der Waals surface area contributed by atoms with Gasteiger partial charge in [0.1, 0.15) is 0 Å². The first kappa shape index (κ1) is 23.6. The summed E-state index contributed by atoms with van der Waals surface area (Å²) in [7, 11) is 0. The van der Waals surface area contributed by atoms with Gasteiger partial charge in [-0.05, 0) is 19.5 Å². The largest absolute Gasteiger partial charge is 0.446 e. The van der Waals surface area contributed by atoms with Gasteiger partial charge in [0.2, 0.25) is 0 Å². The van der Waals surface area contributed by atoms with Crippen molar-refractivity contribution in [3.63, 3.8) is 0 Å². The summed E-state index contributed by atoms with van der Waals surface area (Å²) in [5, 5.41) is 0. The molecule has 0 spiro atoms. The molecule has 1 rings (SSSR count). The van der Waals surface area contributed by atoms with E-state index in [4.69, 9.17) is 16.3 Å². The fourth-order valence-electron chi connectivity index (χ4n) is 3.18. The summed E-state index contributed by atoms with van der Waals surface area (Å²) in [6.45, 7) is 7.65. The van der Waals surface area contributed by atoms with Crippen LogP contribution >= 0.6 is 11.6 Å². The Morgan fingerprint density at radius 2 is 1.63 bits per heavy atom. The molecule has 0 saturated carbocycles. The van der Waals surface area contributed by atoms with Crippen LogP contribution in [0.15, 0.2) is 30.3 Å².